The lowest BCUT2D eigenvalue weighted by molar-refractivity contribution is 0.459. The minimum absolute atomic E-state index is 0.00926. The van der Waals surface area contributed by atoms with Crippen molar-refractivity contribution in [1.82, 2.24) is 14.8 Å². The fourth-order valence-electron chi connectivity index (χ4n) is 0.917. The van der Waals surface area contributed by atoms with Crippen molar-refractivity contribution in [3.8, 4) is 0 Å². The maximum absolute atomic E-state index is 11.9. The Hall–Kier alpha value is -1.01. The largest absolute Gasteiger partial charge is 0.485 e. The smallest absolute Gasteiger partial charge is 0.449 e. The lowest BCUT2D eigenvalue weighted by Gasteiger charge is -2.12. The molecule has 0 spiro atoms. The summed E-state index contributed by atoms with van der Waals surface area (Å²) in [5, 5.41) is 3.63. The third-order valence-electron chi connectivity index (χ3n) is 1.41. The van der Waals surface area contributed by atoms with Crippen LogP contribution in [0.15, 0.2) is 6.33 Å². The van der Waals surface area contributed by atoms with E-state index in [0.29, 0.717) is 6.54 Å². The summed E-state index contributed by atoms with van der Waals surface area (Å²) in [5.41, 5.74) is 0. The molecule has 0 saturated carbocycles. The maximum Gasteiger partial charge on any atom is 0.485 e. The summed E-state index contributed by atoms with van der Waals surface area (Å²) in [6.45, 7) is -2.66. The number of aryl methyl sites for hydroxylation is 1. The first-order valence-electron chi connectivity index (χ1n) is 3.60. The molecule has 1 aromatic rings. The van der Waals surface area contributed by atoms with Gasteiger partial charge in [0.25, 0.3) is 0 Å². The van der Waals surface area contributed by atoms with Crippen LogP contribution in [0, 0.1) is 0 Å². The zero-order chi connectivity index (χ0) is 9.19. The van der Waals surface area contributed by atoms with Crippen molar-refractivity contribution in [2.75, 3.05) is 0 Å². The van der Waals surface area contributed by atoms with Gasteiger partial charge in [0.1, 0.15) is 12.2 Å². The third-order valence-corrected chi connectivity index (χ3v) is 1.41. The average molecular weight is 178 g/mol. The van der Waals surface area contributed by atoms with Gasteiger partial charge in [0, 0.05) is 6.54 Å². The highest BCUT2D eigenvalue weighted by Crippen LogP contribution is 2.13. The maximum atomic E-state index is 11.9. The molecule has 1 aromatic heterocycles. The van der Waals surface area contributed by atoms with Crippen LogP contribution in [0.5, 0.6) is 0 Å². The Morgan fingerprint density at radius 1 is 1.50 bits per heavy atom. The Kier molecular flexibility index (Phi) is 2.39. The molecule has 0 aliphatic rings. The first-order chi connectivity index (χ1) is 5.53. The van der Waals surface area contributed by atoms with Crippen molar-refractivity contribution in [2.24, 2.45) is 0 Å². The summed E-state index contributed by atoms with van der Waals surface area (Å²) in [5.74, 6) is -0.00926. The van der Waals surface area contributed by atoms with E-state index in [1.165, 1.54) is 4.68 Å². The normalized spacial score (nSPS) is 12.0. The first-order valence-corrected chi connectivity index (χ1v) is 3.60. The van der Waals surface area contributed by atoms with Crippen LogP contribution in [0.4, 0.5) is 12.9 Å². The molecule has 0 aliphatic carbocycles. The molecule has 0 amide bonds. The summed E-state index contributed by atoms with van der Waals surface area (Å²) >= 11 is 0. The van der Waals surface area contributed by atoms with Crippen molar-refractivity contribution in [3.05, 3.63) is 12.2 Å². The van der Waals surface area contributed by atoms with Gasteiger partial charge in [-0.2, -0.15) is 5.10 Å². The number of rotatable bonds is 3. The number of halogens is 3. The summed E-state index contributed by atoms with van der Waals surface area (Å²) in [6, 6.07) is 0. The van der Waals surface area contributed by atoms with Crippen LogP contribution >= 0.6 is 0 Å². The lowest BCUT2D eigenvalue weighted by Crippen LogP contribution is -2.22. The van der Waals surface area contributed by atoms with Gasteiger partial charge >= 0.3 is 6.98 Å². The molecule has 0 bridgehead atoms. The van der Waals surface area contributed by atoms with Gasteiger partial charge in [-0.3, -0.25) is 4.68 Å². The second-order valence-corrected chi connectivity index (χ2v) is 2.41. The molecule has 0 N–H and O–H groups in total. The SMILES string of the molecule is CCn1ncnc1C[B-](F)(F)F. The highest BCUT2D eigenvalue weighted by atomic mass is 19.4. The monoisotopic (exact) mass is 178 g/mol. The van der Waals surface area contributed by atoms with Crippen LogP contribution in [0.2, 0.25) is 0 Å². The fraction of sp³-hybridized carbons (Fsp3) is 0.600. The summed E-state index contributed by atoms with van der Waals surface area (Å²) in [4.78, 5) is 3.52. The lowest BCUT2D eigenvalue weighted by atomic mass is 9.86. The summed E-state index contributed by atoms with van der Waals surface area (Å²) < 4.78 is 37.0. The molecule has 7 heteroatoms. The molecule has 0 unspecified atom stereocenters. The molecule has 0 radical (unpaired) electrons. The van der Waals surface area contributed by atoms with E-state index in [1.54, 1.807) is 6.92 Å². The van der Waals surface area contributed by atoms with Gasteiger partial charge < -0.3 is 12.9 Å². The van der Waals surface area contributed by atoms with Gasteiger partial charge in [0.15, 0.2) is 0 Å². The number of nitrogens with zero attached hydrogens (tertiary/aromatic N) is 3. The van der Waals surface area contributed by atoms with Crippen molar-refractivity contribution in [2.45, 2.75) is 19.8 Å². The van der Waals surface area contributed by atoms with E-state index in [2.05, 4.69) is 10.1 Å². The van der Waals surface area contributed by atoms with Crippen molar-refractivity contribution >= 4 is 6.98 Å². The molecular formula is C5H8BF3N3-. The van der Waals surface area contributed by atoms with E-state index < -0.39 is 13.3 Å². The van der Waals surface area contributed by atoms with Crippen LogP contribution in [-0.2, 0) is 12.9 Å². The molecule has 0 aliphatic heterocycles. The average Bonchev–Trinajstić information content (AvgIpc) is 2.31. The molecule has 1 heterocycles. The van der Waals surface area contributed by atoms with Gasteiger partial charge in [0.2, 0.25) is 0 Å². The summed E-state index contributed by atoms with van der Waals surface area (Å²) in [6.07, 6.45) is 0.189. The van der Waals surface area contributed by atoms with Crippen molar-refractivity contribution < 1.29 is 12.9 Å². The minimum atomic E-state index is -4.80. The predicted molar refractivity (Wildman–Crippen MR) is 38.5 cm³/mol. The van der Waals surface area contributed by atoms with Crippen molar-refractivity contribution in [1.29, 1.82) is 0 Å². The van der Waals surface area contributed by atoms with Gasteiger partial charge in [-0.15, -0.1) is 0 Å². The zero-order valence-corrected chi connectivity index (χ0v) is 6.54. The molecule has 68 valence electrons. The summed E-state index contributed by atoms with van der Waals surface area (Å²) in [7, 11) is 0. The molecular weight excluding hydrogens is 170 g/mol. The van der Waals surface area contributed by atoms with Gasteiger partial charge in [-0.1, -0.05) is 0 Å². The van der Waals surface area contributed by atoms with Gasteiger partial charge in [-0.05, 0) is 13.2 Å². The first kappa shape index (κ1) is 9.09. The molecule has 0 fully saturated rings. The van der Waals surface area contributed by atoms with Crippen LogP contribution in [-0.4, -0.2) is 21.7 Å². The minimum Gasteiger partial charge on any atom is -0.449 e. The number of hydrogen-bond donors (Lipinski definition) is 0. The highest BCUT2D eigenvalue weighted by Gasteiger charge is 2.25. The van der Waals surface area contributed by atoms with Crippen LogP contribution in [0.1, 0.15) is 12.7 Å². The number of hydrogen-bond acceptors (Lipinski definition) is 2. The van der Waals surface area contributed by atoms with Crippen LogP contribution in [0.3, 0.4) is 0 Å². The Morgan fingerprint density at radius 3 is 2.67 bits per heavy atom. The Bertz CT molecular complexity index is 257. The van der Waals surface area contributed by atoms with Crippen molar-refractivity contribution in [3.63, 3.8) is 0 Å². The zero-order valence-electron chi connectivity index (χ0n) is 6.54. The van der Waals surface area contributed by atoms with E-state index in [1.807, 2.05) is 0 Å². The fourth-order valence-corrected chi connectivity index (χ4v) is 0.917. The van der Waals surface area contributed by atoms with Crippen LogP contribution < -0.4 is 0 Å². The highest BCUT2D eigenvalue weighted by molar-refractivity contribution is 6.57. The molecule has 3 nitrogen and oxygen atoms in total. The molecule has 0 saturated heterocycles. The molecule has 1 rings (SSSR count). The number of aromatic nitrogens is 3. The van der Waals surface area contributed by atoms with E-state index in [4.69, 9.17) is 0 Å². The quantitative estimate of drug-likeness (QED) is 0.651. The van der Waals surface area contributed by atoms with Gasteiger partial charge in [-0.25, -0.2) is 4.98 Å². The van der Waals surface area contributed by atoms with E-state index in [0.717, 1.165) is 6.33 Å². The Morgan fingerprint density at radius 2 is 2.17 bits per heavy atom. The Labute approximate surface area is 67.7 Å². The third kappa shape index (κ3) is 2.25. The molecule has 0 aromatic carbocycles. The second kappa shape index (κ2) is 3.16. The Balaban J connectivity index is 2.75. The van der Waals surface area contributed by atoms with Gasteiger partial charge in [0.05, 0.1) is 0 Å². The topological polar surface area (TPSA) is 30.7 Å². The molecule has 12 heavy (non-hydrogen) atoms. The van der Waals surface area contributed by atoms with E-state index >= 15 is 0 Å². The van der Waals surface area contributed by atoms with E-state index in [-0.39, 0.29) is 5.82 Å². The second-order valence-electron chi connectivity index (χ2n) is 2.41. The standard InChI is InChI=1S/C5H8BF3N3/c1-2-12-5(10-4-11-12)3-6(7,8)9/h4H,2-3H2,1H3/q-1. The predicted octanol–water partition coefficient (Wildman–Crippen LogP) is 1.23. The van der Waals surface area contributed by atoms with Crippen LogP contribution in [0.25, 0.3) is 0 Å². The molecule has 0 atom stereocenters. The van der Waals surface area contributed by atoms with E-state index in [9.17, 15) is 12.9 Å².